The Labute approximate surface area is 112 Å². The molecule has 0 unspecified atom stereocenters. The van der Waals surface area contributed by atoms with E-state index in [4.69, 9.17) is 5.11 Å². The Bertz CT molecular complexity index is 667. The number of rotatable bonds is 3. The maximum atomic E-state index is 10.7. The summed E-state index contributed by atoms with van der Waals surface area (Å²) >= 11 is 0. The fourth-order valence-corrected chi connectivity index (χ4v) is 3.22. The molecule has 1 aromatic heterocycles. The highest BCUT2D eigenvalue weighted by molar-refractivity contribution is 5.89. The van der Waals surface area contributed by atoms with Gasteiger partial charge < -0.3 is 9.67 Å². The highest BCUT2D eigenvalue weighted by atomic mass is 16.4. The van der Waals surface area contributed by atoms with Crippen molar-refractivity contribution in [2.75, 3.05) is 0 Å². The van der Waals surface area contributed by atoms with Crippen molar-refractivity contribution < 1.29 is 9.90 Å². The molecule has 0 saturated carbocycles. The molecule has 0 saturated heterocycles. The molecule has 0 spiro atoms. The zero-order valence-corrected chi connectivity index (χ0v) is 11.5. The first-order valence-corrected chi connectivity index (χ1v) is 6.91. The van der Waals surface area contributed by atoms with Gasteiger partial charge in [-0.2, -0.15) is 0 Å². The third-order valence-corrected chi connectivity index (χ3v) is 4.33. The molecule has 1 N–H and O–H groups in total. The third kappa shape index (κ3) is 1.93. The van der Waals surface area contributed by atoms with Gasteiger partial charge in [-0.25, -0.2) is 0 Å². The Morgan fingerprint density at radius 3 is 2.89 bits per heavy atom. The minimum Gasteiger partial charge on any atom is -0.481 e. The number of hydrogen-bond donors (Lipinski definition) is 1. The van der Waals surface area contributed by atoms with E-state index >= 15 is 0 Å². The fourth-order valence-electron chi connectivity index (χ4n) is 3.22. The van der Waals surface area contributed by atoms with Gasteiger partial charge in [0.25, 0.3) is 0 Å². The summed E-state index contributed by atoms with van der Waals surface area (Å²) in [4.78, 5) is 10.7. The number of carboxylic acid groups (broad SMARTS) is 1. The van der Waals surface area contributed by atoms with Crippen LogP contribution in [0.15, 0.2) is 12.1 Å². The van der Waals surface area contributed by atoms with E-state index < -0.39 is 5.97 Å². The normalized spacial score (nSPS) is 14.0. The van der Waals surface area contributed by atoms with Crippen LogP contribution in [0.3, 0.4) is 0 Å². The lowest BCUT2D eigenvalue weighted by molar-refractivity contribution is -0.136. The van der Waals surface area contributed by atoms with E-state index in [2.05, 4.69) is 30.5 Å². The Morgan fingerprint density at radius 1 is 1.37 bits per heavy atom. The second-order valence-electron chi connectivity index (χ2n) is 5.51. The molecule has 0 amide bonds. The predicted octanol–water partition coefficient (Wildman–Crippen LogP) is 3.22. The number of aromatic nitrogens is 1. The molecule has 2 aromatic rings. The van der Waals surface area contributed by atoms with Crippen LogP contribution in [0, 0.1) is 13.8 Å². The molecular formula is C16H19NO2. The zero-order valence-electron chi connectivity index (χ0n) is 11.5. The number of aliphatic carboxylic acids is 1. The van der Waals surface area contributed by atoms with Gasteiger partial charge in [0.1, 0.15) is 0 Å². The van der Waals surface area contributed by atoms with Crippen LogP contribution in [0.25, 0.3) is 10.9 Å². The SMILES string of the molecule is Cc1c(C)n2c3c(cc(CCC(=O)O)cc13)CCC2. The van der Waals surface area contributed by atoms with Crippen molar-refractivity contribution in [1.82, 2.24) is 4.57 Å². The molecule has 19 heavy (non-hydrogen) atoms. The highest BCUT2D eigenvalue weighted by Gasteiger charge is 2.18. The zero-order chi connectivity index (χ0) is 13.6. The van der Waals surface area contributed by atoms with E-state index in [0.717, 1.165) is 18.5 Å². The summed E-state index contributed by atoms with van der Waals surface area (Å²) in [5, 5.41) is 10.1. The van der Waals surface area contributed by atoms with E-state index in [1.54, 1.807) is 0 Å². The standard InChI is InChI=1S/C16H19NO2/c1-10-11(2)17-7-3-4-13-8-12(5-6-15(18)19)9-14(10)16(13)17/h8-9H,3-7H2,1-2H3,(H,18,19). The summed E-state index contributed by atoms with van der Waals surface area (Å²) in [5.74, 6) is -0.723. The molecule has 100 valence electrons. The topological polar surface area (TPSA) is 42.2 Å². The van der Waals surface area contributed by atoms with Crippen molar-refractivity contribution in [1.29, 1.82) is 0 Å². The highest BCUT2D eigenvalue weighted by Crippen LogP contribution is 2.33. The summed E-state index contributed by atoms with van der Waals surface area (Å²) < 4.78 is 2.42. The Morgan fingerprint density at radius 2 is 2.16 bits per heavy atom. The minimum absolute atomic E-state index is 0.212. The number of carbonyl (C=O) groups is 1. The lowest BCUT2D eigenvalue weighted by Crippen LogP contribution is -2.09. The molecule has 3 heteroatoms. The second kappa shape index (κ2) is 4.41. The van der Waals surface area contributed by atoms with Crippen LogP contribution in [0.5, 0.6) is 0 Å². The van der Waals surface area contributed by atoms with Crippen molar-refractivity contribution in [2.45, 2.75) is 46.1 Å². The van der Waals surface area contributed by atoms with Crippen molar-refractivity contribution in [3.05, 3.63) is 34.5 Å². The lowest BCUT2D eigenvalue weighted by Gasteiger charge is -2.18. The molecule has 3 rings (SSSR count). The first-order chi connectivity index (χ1) is 9.08. The Hall–Kier alpha value is -1.77. The quantitative estimate of drug-likeness (QED) is 0.917. The van der Waals surface area contributed by atoms with Crippen molar-refractivity contribution in [2.24, 2.45) is 0 Å². The predicted molar refractivity (Wildman–Crippen MR) is 75.7 cm³/mol. The minimum atomic E-state index is -0.723. The molecule has 0 radical (unpaired) electrons. The smallest absolute Gasteiger partial charge is 0.303 e. The van der Waals surface area contributed by atoms with E-state index in [1.165, 1.54) is 34.1 Å². The molecule has 1 aliphatic heterocycles. The van der Waals surface area contributed by atoms with Gasteiger partial charge in [0.2, 0.25) is 0 Å². The maximum absolute atomic E-state index is 10.7. The van der Waals surface area contributed by atoms with Gasteiger partial charge in [0.15, 0.2) is 0 Å². The van der Waals surface area contributed by atoms with Crippen LogP contribution in [-0.4, -0.2) is 15.6 Å². The van der Waals surface area contributed by atoms with Gasteiger partial charge in [-0.15, -0.1) is 0 Å². The van der Waals surface area contributed by atoms with Crippen LogP contribution in [0.1, 0.15) is 35.2 Å². The Balaban J connectivity index is 2.14. The average Bonchev–Trinajstić information content (AvgIpc) is 2.64. The van der Waals surface area contributed by atoms with Crippen LogP contribution in [-0.2, 0) is 24.2 Å². The molecule has 0 bridgehead atoms. The van der Waals surface area contributed by atoms with Crippen molar-refractivity contribution in [3.8, 4) is 0 Å². The number of hydrogen-bond acceptors (Lipinski definition) is 1. The van der Waals surface area contributed by atoms with Crippen molar-refractivity contribution in [3.63, 3.8) is 0 Å². The van der Waals surface area contributed by atoms with E-state index in [1.807, 2.05) is 0 Å². The summed E-state index contributed by atoms with van der Waals surface area (Å²) in [6.07, 6.45) is 3.13. The largest absolute Gasteiger partial charge is 0.481 e. The second-order valence-corrected chi connectivity index (χ2v) is 5.51. The first kappa shape index (κ1) is 12.3. The van der Waals surface area contributed by atoms with Gasteiger partial charge >= 0.3 is 5.97 Å². The Kier molecular flexibility index (Phi) is 2.85. The molecule has 1 aromatic carbocycles. The summed E-state index contributed by atoms with van der Waals surface area (Å²) in [7, 11) is 0. The van der Waals surface area contributed by atoms with Gasteiger partial charge in [0, 0.05) is 24.0 Å². The summed E-state index contributed by atoms with van der Waals surface area (Å²) in [6.45, 7) is 5.46. The molecule has 0 aliphatic carbocycles. The summed E-state index contributed by atoms with van der Waals surface area (Å²) in [5.41, 5.74) is 6.62. The first-order valence-electron chi connectivity index (χ1n) is 6.91. The van der Waals surface area contributed by atoms with Gasteiger partial charge in [0.05, 0.1) is 5.52 Å². The van der Waals surface area contributed by atoms with Crippen LogP contribution >= 0.6 is 0 Å². The third-order valence-electron chi connectivity index (χ3n) is 4.33. The molecule has 0 atom stereocenters. The molecule has 0 fully saturated rings. The van der Waals surface area contributed by atoms with Crippen LogP contribution < -0.4 is 0 Å². The fraction of sp³-hybridized carbons (Fsp3) is 0.438. The van der Waals surface area contributed by atoms with Gasteiger partial charge in [-0.1, -0.05) is 6.07 Å². The monoisotopic (exact) mass is 257 g/mol. The van der Waals surface area contributed by atoms with E-state index in [0.29, 0.717) is 6.42 Å². The van der Waals surface area contributed by atoms with Gasteiger partial charge in [-0.3, -0.25) is 4.79 Å². The van der Waals surface area contributed by atoms with Crippen molar-refractivity contribution >= 4 is 16.9 Å². The van der Waals surface area contributed by atoms with Crippen LogP contribution in [0.4, 0.5) is 0 Å². The molecule has 1 aliphatic rings. The molecular weight excluding hydrogens is 238 g/mol. The van der Waals surface area contributed by atoms with E-state index in [-0.39, 0.29) is 6.42 Å². The molecule has 3 nitrogen and oxygen atoms in total. The van der Waals surface area contributed by atoms with E-state index in [9.17, 15) is 4.79 Å². The number of aryl methyl sites for hydroxylation is 4. The number of nitrogens with zero attached hydrogens (tertiary/aromatic N) is 1. The van der Waals surface area contributed by atoms with Crippen LogP contribution in [0.2, 0.25) is 0 Å². The van der Waals surface area contributed by atoms with Gasteiger partial charge in [-0.05, 0) is 55.9 Å². The number of carboxylic acids is 1. The number of benzene rings is 1. The molecule has 2 heterocycles. The average molecular weight is 257 g/mol. The summed E-state index contributed by atoms with van der Waals surface area (Å²) in [6, 6.07) is 4.39. The lowest BCUT2D eigenvalue weighted by atomic mass is 9.97. The maximum Gasteiger partial charge on any atom is 0.303 e.